The molecule has 0 saturated carbocycles. The molecule has 29 heavy (non-hydrogen) atoms. The van der Waals surface area contributed by atoms with Crippen LogP contribution >= 0.6 is 11.3 Å². The van der Waals surface area contributed by atoms with Gasteiger partial charge < -0.3 is 5.32 Å². The minimum absolute atomic E-state index is 0.0613. The van der Waals surface area contributed by atoms with Crippen LogP contribution in [-0.4, -0.2) is 11.8 Å². The highest BCUT2D eigenvalue weighted by Gasteiger charge is 2.41. The molecule has 7 heteroatoms. The normalized spacial score (nSPS) is 14.1. The standard InChI is InChI=1S/C22H16F2N2O2S/c1-12-8-13(2)10-15(9-12)25-20-19(18-4-3-7-29-18)21(27)26(22(20)28)17-6-5-14(23)11-16(17)24/h3-11,25H,1-2H3. The number of rotatable bonds is 4. The number of hydrogen-bond donors (Lipinski definition) is 1. The maximum Gasteiger partial charge on any atom is 0.282 e. The molecule has 2 amide bonds. The Bertz CT molecular complexity index is 1150. The summed E-state index contributed by atoms with van der Waals surface area (Å²) in [7, 11) is 0. The zero-order valence-electron chi connectivity index (χ0n) is 15.6. The van der Waals surface area contributed by atoms with Gasteiger partial charge in [0.1, 0.15) is 17.3 Å². The monoisotopic (exact) mass is 410 g/mol. The predicted molar refractivity (Wildman–Crippen MR) is 110 cm³/mol. The Balaban J connectivity index is 1.82. The topological polar surface area (TPSA) is 49.4 Å². The number of hydrogen-bond acceptors (Lipinski definition) is 4. The van der Waals surface area contributed by atoms with E-state index in [2.05, 4.69) is 5.32 Å². The second kappa shape index (κ2) is 7.25. The molecule has 2 heterocycles. The zero-order valence-corrected chi connectivity index (χ0v) is 16.4. The van der Waals surface area contributed by atoms with Gasteiger partial charge in [0.15, 0.2) is 0 Å². The summed E-state index contributed by atoms with van der Waals surface area (Å²) in [6.07, 6.45) is 0. The summed E-state index contributed by atoms with van der Waals surface area (Å²) in [4.78, 5) is 27.6. The fourth-order valence-corrected chi connectivity index (χ4v) is 4.14. The third kappa shape index (κ3) is 3.45. The van der Waals surface area contributed by atoms with Crippen molar-refractivity contribution in [3.8, 4) is 0 Å². The summed E-state index contributed by atoms with van der Waals surface area (Å²) in [6.45, 7) is 3.85. The van der Waals surface area contributed by atoms with Crippen molar-refractivity contribution < 1.29 is 18.4 Å². The van der Waals surface area contributed by atoms with Gasteiger partial charge in [-0.15, -0.1) is 11.3 Å². The molecule has 0 unspecified atom stereocenters. The van der Waals surface area contributed by atoms with Crippen LogP contribution in [0.5, 0.6) is 0 Å². The molecular formula is C22H16F2N2O2S. The minimum Gasteiger partial charge on any atom is -0.350 e. The SMILES string of the molecule is Cc1cc(C)cc(NC2=C(c3cccs3)C(=O)N(c3ccc(F)cc3F)C2=O)c1. The first kappa shape index (κ1) is 19.0. The van der Waals surface area contributed by atoms with E-state index in [4.69, 9.17) is 0 Å². The Hall–Kier alpha value is -3.32. The van der Waals surface area contributed by atoms with Crippen molar-refractivity contribution in [2.45, 2.75) is 13.8 Å². The molecule has 0 fully saturated rings. The van der Waals surface area contributed by atoms with E-state index in [0.29, 0.717) is 16.6 Å². The van der Waals surface area contributed by atoms with Crippen LogP contribution in [0, 0.1) is 25.5 Å². The molecule has 1 aliphatic rings. The number of nitrogens with zero attached hydrogens (tertiary/aromatic N) is 1. The van der Waals surface area contributed by atoms with Gasteiger partial charge in [0.25, 0.3) is 11.8 Å². The number of carbonyl (C=O) groups excluding carboxylic acids is 2. The molecule has 146 valence electrons. The number of amides is 2. The van der Waals surface area contributed by atoms with Crippen LogP contribution in [0.2, 0.25) is 0 Å². The first-order valence-corrected chi connectivity index (χ1v) is 9.70. The molecule has 0 bridgehead atoms. The summed E-state index contributed by atoms with van der Waals surface area (Å²) < 4.78 is 27.7. The molecular weight excluding hydrogens is 394 g/mol. The number of nitrogens with one attached hydrogen (secondary N) is 1. The van der Waals surface area contributed by atoms with E-state index in [9.17, 15) is 18.4 Å². The number of imide groups is 1. The van der Waals surface area contributed by atoms with Crippen molar-refractivity contribution in [3.05, 3.63) is 87.2 Å². The van der Waals surface area contributed by atoms with Crippen LogP contribution in [0.4, 0.5) is 20.2 Å². The summed E-state index contributed by atoms with van der Waals surface area (Å²) in [6, 6.07) is 11.9. The zero-order chi connectivity index (χ0) is 20.7. The van der Waals surface area contributed by atoms with Gasteiger partial charge in [0.05, 0.1) is 11.3 Å². The molecule has 2 aromatic carbocycles. The third-order valence-electron chi connectivity index (χ3n) is 4.49. The molecule has 0 aliphatic carbocycles. The first-order chi connectivity index (χ1) is 13.8. The predicted octanol–water partition coefficient (Wildman–Crippen LogP) is 5.04. The lowest BCUT2D eigenvalue weighted by atomic mass is 10.1. The summed E-state index contributed by atoms with van der Waals surface area (Å²) in [5.74, 6) is -3.12. The van der Waals surface area contributed by atoms with E-state index in [1.165, 1.54) is 11.3 Å². The van der Waals surface area contributed by atoms with E-state index < -0.39 is 23.4 Å². The molecule has 1 aliphatic heterocycles. The highest BCUT2D eigenvalue weighted by molar-refractivity contribution is 7.11. The van der Waals surface area contributed by atoms with Crippen molar-refractivity contribution in [1.82, 2.24) is 0 Å². The van der Waals surface area contributed by atoms with E-state index in [-0.39, 0.29) is 17.0 Å². The molecule has 4 nitrogen and oxygen atoms in total. The molecule has 1 aromatic heterocycles. The molecule has 0 atom stereocenters. The molecule has 3 aromatic rings. The second-order valence-corrected chi connectivity index (χ2v) is 7.72. The van der Waals surface area contributed by atoms with Gasteiger partial charge in [-0.25, -0.2) is 13.7 Å². The van der Waals surface area contributed by atoms with E-state index in [1.54, 1.807) is 17.5 Å². The number of halogens is 2. The van der Waals surface area contributed by atoms with Crippen LogP contribution in [0.1, 0.15) is 16.0 Å². The third-order valence-corrected chi connectivity index (χ3v) is 5.38. The average Bonchev–Trinajstić information content (AvgIpc) is 3.23. The van der Waals surface area contributed by atoms with E-state index >= 15 is 0 Å². The summed E-state index contributed by atoms with van der Waals surface area (Å²) >= 11 is 1.30. The fraction of sp³-hybridized carbons (Fsp3) is 0.0909. The Morgan fingerprint density at radius 1 is 0.931 bits per heavy atom. The fourth-order valence-electron chi connectivity index (χ4n) is 3.37. The minimum atomic E-state index is -0.982. The Kier molecular flexibility index (Phi) is 4.76. The highest BCUT2D eigenvalue weighted by atomic mass is 32.1. The lowest BCUT2D eigenvalue weighted by molar-refractivity contribution is -0.120. The lowest BCUT2D eigenvalue weighted by Crippen LogP contribution is -2.33. The number of thiophene rings is 1. The average molecular weight is 410 g/mol. The first-order valence-electron chi connectivity index (χ1n) is 8.82. The second-order valence-electron chi connectivity index (χ2n) is 6.77. The maximum absolute atomic E-state index is 14.4. The number of aryl methyl sites for hydroxylation is 2. The van der Waals surface area contributed by atoms with Crippen molar-refractivity contribution in [3.63, 3.8) is 0 Å². The molecule has 1 N–H and O–H groups in total. The van der Waals surface area contributed by atoms with Crippen molar-refractivity contribution in [1.29, 1.82) is 0 Å². The molecule has 0 spiro atoms. The Morgan fingerprint density at radius 3 is 2.28 bits per heavy atom. The Morgan fingerprint density at radius 2 is 1.66 bits per heavy atom. The molecule has 4 rings (SSSR count). The van der Waals surface area contributed by atoms with Crippen molar-refractivity contribution in [2.24, 2.45) is 0 Å². The number of carbonyl (C=O) groups is 2. The summed E-state index contributed by atoms with van der Waals surface area (Å²) in [5, 5.41) is 4.84. The van der Waals surface area contributed by atoms with Crippen LogP contribution in [0.25, 0.3) is 5.57 Å². The van der Waals surface area contributed by atoms with Crippen LogP contribution in [-0.2, 0) is 9.59 Å². The van der Waals surface area contributed by atoms with Gasteiger partial charge in [-0.1, -0.05) is 12.1 Å². The largest absolute Gasteiger partial charge is 0.350 e. The molecule has 0 saturated heterocycles. The smallest absolute Gasteiger partial charge is 0.282 e. The van der Waals surface area contributed by atoms with Crippen molar-refractivity contribution >= 4 is 40.1 Å². The number of benzene rings is 2. The van der Waals surface area contributed by atoms with Crippen LogP contribution < -0.4 is 10.2 Å². The van der Waals surface area contributed by atoms with Gasteiger partial charge >= 0.3 is 0 Å². The maximum atomic E-state index is 14.4. The van der Waals surface area contributed by atoms with E-state index in [1.807, 2.05) is 32.0 Å². The van der Waals surface area contributed by atoms with Gasteiger partial charge in [0.2, 0.25) is 0 Å². The quantitative estimate of drug-likeness (QED) is 0.613. The summed E-state index contributed by atoms with van der Waals surface area (Å²) in [5.41, 5.74) is 2.56. The van der Waals surface area contributed by atoms with Gasteiger partial charge in [-0.05, 0) is 60.7 Å². The van der Waals surface area contributed by atoms with Crippen LogP contribution in [0.15, 0.2) is 59.6 Å². The number of anilines is 2. The Labute approximate surface area is 170 Å². The van der Waals surface area contributed by atoms with Gasteiger partial charge in [-0.3, -0.25) is 9.59 Å². The molecule has 0 radical (unpaired) electrons. The van der Waals surface area contributed by atoms with E-state index in [0.717, 1.165) is 28.2 Å². The van der Waals surface area contributed by atoms with Crippen LogP contribution in [0.3, 0.4) is 0 Å². The highest BCUT2D eigenvalue weighted by Crippen LogP contribution is 2.36. The van der Waals surface area contributed by atoms with Gasteiger partial charge in [-0.2, -0.15) is 0 Å². The lowest BCUT2D eigenvalue weighted by Gasteiger charge is -2.16. The van der Waals surface area contributed by atoms with Crippen molar-refractivity contribution in [2.75, 3.05) is 10.2 Å². The van der Waals surface area contributed by atoms with Gasteiger partial charge in [0, 0.05) is 16.6 Å².